The number of anilines is 2. The fourth-order valence-corrected chi connectivity index (χ4v) is 5.42. The van der Waals surface area contributed by atoms with Crippen molar-refractivity contribution in [3.8, 4) is 0 Å². The molecule has 1 amide bonds. The number of benzene rings is 1. The average molecular weight is 532 g/mol. The highest BCUT2D eigenvalue weighted by molar-refractivity contribution is 5.80. The van der Waals surface area contributed by atoms with Gasteiger partial charge in [-0.3, -0.25) is 9.59 Å². The van der Waals surface area contributed by atoms with E-state index in [1.165, 1.54) is 63.6 Å². The first kappa shape index (κ1) is 26.6. The van der Waals surface area contributed by atoms with Crippen LogP contribution in [0.3, 0.4) is 0 Å². The Balaban J connectivity index is 1.61. The lowest BCUT2D eigenvalue weighted by Gasteiger charge is -2.32. The maximum Gasteiger partial charge on any atom is 0.278 e. The highest BCUT2D eigenvalue weighted by Crippen LogP contribution is 2.52. The van der Waals surface area contributed by atoms with E-state index in [4.69, 9.17) is 0 Å². The number of allylic oxidation sites excluding steroid dienone is 4. The van der Waals surface area contributed by atoms with Gasteiger partial charge in [0.05, 0.1) is 18.1 Å². The summed E-state index contributed by atoms with van der Waals surface area (Å²) in [7, 11) is 2.15. The van der Waals surface area contributed by atoms with E-state index >= 15 is 0 Å². The standard InChI is InChI=1S/C29H34FN7O2/c1-6-11-36-27(39)24-14-31-28(32-22-7-8-25-21(13-22)15-34(5)17-29(25)9-10-29)33-26(24)37(36)23(12-20(4)30)16-35(18-38)19(2)3/h6-8,12-14,16,18-19H,1,9-11,15,17H2,2-5H3,(H,31,32,33)/b20-12+,23-16+. The fraction of sp³-hybridized carbons (Fsp3) is 0.379. The molecule has 5 rings (SSSR count). The summed E-state index contributed by atoms with van der Waals surface area (Å²) in [6.45, 7) is 10.9. The van der Waals surface area contributed by atoms with Crippen LogP contribution in [0.4, 0.5) is 16.0 Å². The van der Waals surface area contributed by atoms with Crippen molar-refractivity contribution in [2.75, 3.05) is 18.9 Å². The molecule has 1 spiro atoms. The summed E-state index contributed by atoms with van der Waals surface area (Å²) in [5, 5.41) is 3.55. The van der Waals surface area contributed by atoms with Crippen LogP contribution in [0.15, 0.2) is 59.9 Å². The molecule has 204 valence electrons. The summed E-state index contributed by atoms with van der Waals surface area (Å²) in [4.78, 5) is 37.9. The first-order valence-electron chi connectivity index (χ1n) is 13.1. The molecule has 1 aliphatic heterocycles. The van der Waals surface area contributed by atoms with Crippen LogP contribution in [-0.2, 0) is 23.3 Å². The average Bonchev–Trinajstić information content (AvgIpc) is 3.58. The van der Waals surface area contributed by atoms with Crippen LogP contribution >= 0.6 is 0 Å². The molecule has 1 fully saturated rings. The molecule has 3 heterocycles. The van der Waals surface area contributed by atoms with E-state index < -0.39 is 5.83 Å². The van der Waals surface area contributed by atoms with Gasteiger partial charge in [-0.1, -0.05) is 12.1 Å². The third-order valence-corrected chi connectivity index (χ3v) is 7.37. The molecule has 1 aliphatic carbocycles. The number of carbonyl (C=O) groups is 1. The first-order valence-corrected chi connectivity index (χ1v) is 13.1. The molecule has 0 unspecified atom stereocenters. The molecule has 0 atom stereocenters. The number of amides is 1. The minimum absolute atomic E-state index is 0.150. The van der Waals surface area contributed by atoms with E-state index in [0.29, 0.717) is 12.4 Å². The number of hydrogen-bond donors (Lipinski definition) is 1. The molecular formula is C29H34FN7O2. The van der Waals surface area contributed by atoms with Crippen LogP contribution in [0.5, 0.6) is 0 Å². The molecule has 0 bridgehead atoms. The van der Waals surface area contributed by atoms with Crippen LogP contribution in [0.25, 0.3) is 16.7 Å². The van der Waals surface area contributed by atoms with Crippen LogP contribution in [0, 0.1) is 0 Å². The summed E-state index contributed by atoms with van der Waals surface area (Å²) in [6.07, 6.45) is 8.91. The van der Waals surface area contributed by atoms with Crippen LogP contribution in [0.1, 0.15) is 44.7 Å². The van der Waals surface area contributed by atoms with Gasteiger partial charge in [0.1, 0.15) is 5.39 Å². The number of aromatic nitrogens is 4. The molecule has 9 nitrogen and oxygen atoms in total. The smallest absolute Gasteiger partial charge is 0.278 e. The van der Waals surface area contributed by atoms with Crippen LogP contribution in [-0.4, -0.2) is 55.2 Å². The van der Waals surface area contributed by atoms with Crippen molar-refractivity contribution in [2.45, 2.75) is 58.2 Å². The Labute approximate surface area is 226 Å². The Morgan fingerprint density at radius 1 is 1.33 bits per heavy atom. The molecule has 10 heteroatoms. The van der Waals surface area contributed by atoms with Crippen molar-refractivity contribution in [3.63, 3.8) is 0 Å². The second kappa shape index (κ2) is 10.3. The third-order valence-electron chi connectivity index (χ3n) is 7.37. The minimum Gasteiger partial charge on any atom is -0.324 e. The number of nitrogens with zero attached hydrogens (tertiary/aromatic N) is 6. The third kappa shape index (κ3) is 5.04. The number of rotatable bonds is 9. The van der Waals surface area contributed by atoms with E-state index in [1.54, 1.807) is 6.08 Å². The van der Waals surface area contributed by atoms with Crippen molar-refractivity contribution in [2.24, 2.45) is 0 Å². The van der Waals surface area contributed by atoms with Gasteiger partial charge in [0.15, 0.2) is 5.65 Å². The van der Waals surface area contributed by atoms with Gasteiger partial charge in [0, 0.05) is 42.6 Å². The first-order chi connectivity index (χ1) is 18.7. The van der Waals surface area contributed by atoms with E-state index in [9.17, 15) is 14.0 Å². The van der Waals surface area contributed by atoms with Gasteiger partial charge in [-0.15, -0.1) is 6.58 Å². The molecular weight excluding hydrogens is 497 g/mol. The molecule has 39 heavy (non-hydrogen) atoms. The zero-order valence-corrected chi connectivity index (χ0v) is 22.8. The predicted octanol–water partition coefficient (Wildman–Crippen LogP) is 4.54. The SMILES string of the molecule is C=CCn1c(=O)c2cnc(Nc3ccc4c(c3)CN(C)CC43CC3)nc2n1C(/C=C(\C)F)=C/N(C=O)C(C)C. The van der Waals surface area contributed by atoms with Crippen molar-refractivity contribution in [3.05, 3.63) is 76.6 Å². The van der Waals surface area contributed by atoms with Crippen LogP contribution in [0.2, 0.25) is 0 Å². The number of hydrogen-bond acceptors (Lipinski definition) is 6. The maximum absolute atomic E-state index is 14.3. The summed E-state index contributed by atoms with van der Waals surface area (Å²) in [6, 6.07) is 6.19. The van der Waals surface area contributed by atoms with Gasteiger partial charge < -0.3 is 15.1 Å². The number of halogens is 1. The normalized spacial score (nSPS) is 17.0. The van der Waals surface area contributed by atoms with Gasteiger partial charge in [-0.05, 0) is 70.0 Å². The Morgan fingerprint density at radius 2 is 2.10 bits per heavy atom. The van der Waals surface area contributed by atoms with Gasteiger partial charge in [-0.2, -0.15) is 4.98 Å². The van der Waals surface area contributed by atoms with Gasteiger partial charge >= 0.3 is 0 Å². The highest BCUT2D eigenvalue weighted by atomic mass is 19.1. The summed E-state index contributed by atoms with van der Waals surface area (Å²) in [5.74, 6) is -0.191. The van der Waals surface area contributed by atoms with E-state index in [1.807, 2.05) is 19.9 Å². The second-order valence-corrected chi connectivity index (χ2v) is 10.8. The minimum atomic E-state index is -0.491. The lowest BCUT2D eigenvalue weighted by Crippen LogP contribution is -2.35. The van der Waals surface area contributed by atoms with Gasteiger partial charge in [-0.25, -0.2) is 18.7 Å². The molecule has 3 aromatic rings. The summed E-state index contributed by atoms with van der Waals surface area (Å²) < 4.78 is 17.2. The number of fused-ring (bicyclic) bond motifs is 3. The lowest BCUT2D eigenvalue weighted by atomic mass is 9.87. The molecule has 2 aliphatic rings. The molecule has 2 aromatic heterocycles. The van der Waals surface area contributed by atoms with Crippen molar-refractivity contribution >= 4 is 34.8 Å². The molecule has 0 saturated heterocycles. The molecule has 0 radical (unpaired) electrons. The quantitative estimate of drug-likeness (QED) is 0.248. The molecule has 1 aromatic carbocycles. The summed E-state index contributed by atoms with van der Waals surface area (Å²) >= 11 is 0. The summed E-state index contributed by atoms with van der Waals surface area (Å²) in [5.41, 5.74) is 4.05. The maximum atomic E-state index is 14.3. The largest absolute Gasteiger partial charge is 0.324 e. The van der Waals surface area contributed by atoms with Crippen molar-refractivity contribution < 1.29 is 9.18 Å². The van der Waals surface area contributed by atoms with E-state index in [2.05, 4.69) is 45.9 Å². The predicted molar refractivity (Wildman–Crippen MR) is 151 cm³/mol. The Morgan fingerprint density at radius 3 is 2.74 bits per heavy atom. The van der Waals surface area contributed by atoms with E-state index in [-0.39, 0.29) is 40.3 Å². The number of nitrogens with one attached hydrogen (secondary N) is 1. The Bertz CT molecular complexity index is 1560. The van der Waals surface area contributed by atoms with Crippen molar-refractivity contribution in [1.29, 1.82) is 0 Å². The second-order valence-electron chi connectivity index (χ2n) is 10.8. The van der Waals surface area contributed by atoms with Gasteiger partial charge in [0.2, 0.25) is 12.4 Å². The lowest BCUT2D eigenvalue weighted by molar-refractivity contribution is -0.117. The zero-order valence-electron chi connectivity index (χ0n) is 22.8. The topological polar surface area (TPSA) is 88.3 Å². The zero-order chi connectivity index (χ0) is 27.9. The number of likely N-dealkylation sites (N-methyl/N-ethyl adjacent to an activating group) is 1. The Hall–Kier alpha value is -4.05. The number of carbonyl (C=O) groups excluding carboxylic acids is 1. The van der Waals surface area contributed by atoms with E-state index in [0.717, 1.165) is 18.8 Å². The van der Waals surface area contributed by atoms with Crippen molar-refractivity contribution in [1.82, 2.24) is 29.1 Å². The van der Waals surface area contributed by atoms with Gasteiger partial charge in [0.25, 0.3) is 5.56 Å². The molecule has 1 saturated carbocycles. The van der Waals surface area contributed by atoms with Crippen LogP contribution < -0.4 is 10.9 Å². The highest BCUT2D eigenvalue weighted by Gasteiger charge is 2.48. The fourth-order valence-electron chi connectivity index (χ4n) is 5.42. The molecule has 1 N–H and O–H groups in total. The monoisotopic (exact) mass is 531 g/mol. The Kier molecular flexibility index (Phi) is 6.98.